The average Bonchev–Trinajstić information content (AvgIpc) is 2.85. The van der Waals surface area contributed by atoms with Gasteiger partial charge < -0.3 is 10.6 Å². The van der Waals surface area contributed by atoms with Gasteiger partial charge in [-0.05, 0) is 54.4 Å². The number of benzene rings is 2. The first-order chi connectivity index (χ1) is 17.4. The number of nitrogens with two attached hydrogens (primary N) is 1. The summed E-state index contributed by atoms with van der Waals surface area (Å²) in [6.07, 6.45) is -4.14. The van der Waals surface area contributed by atoms with E-state index in [0.29, 0.717) is 23.2 Å². The predicted octanol–water partition coefficient (Wildman–Crippen LogP) is 5.02. The summed E-state index contributed by atoms with van der Waals surface area (Å²) in [4.78, 5) is 12.9. The van der Waals surface area contributed by atoms with E-state index < -0.39 is 34.6 Å². The third-order valence-corrected chi connectivity index (χ3v) is 6.44. The van der Waals surface area contributed by atoms with Crippen LogP contribution >= 0.6 is 0 Å². The number of fused-ring (bicyclic) bond motifs is 1. The minimum Gasteiger partial charge on any atom is -0.359 e. The average molecular weight is 535 g/mol. The fourth-order valence-electron chi connectivity index (χ4n) is 3.75. The predicted molar refractivity (Wildman–Crippen MR) is 132 cm³/mol. The molecule has 4 aromatic rings. The van der Waals surface area contributed by atoms with Crippen molar-refractivity contribution in [3.8, 4) is 11.3 Å². The first-order valence-corrected chi connectivity index (χ1v) is 12.6. The summed E-state index contributed by atoms with van der Waals surface area (Å²) in [6, 6.07) is 14.2. The van der Waals surface area contributed by atoms with Crippen LogP contribution in [-0.2, 0) is 10.0 Å². The summed E-state index contributed by atoms with van der Waals surface area (Å²) in [5, 5.41) is 10.6. The molecule has 13 heteroatoms. The Bertz CT molecular complexity index is 1530. The van der Waals surface area contributed by atoms with Crippen molar-refractivity contribution in [2.24, 2.45) is 5.14 Å². The van der Waals surface area contributed by atoms with Gasteiger partial charge in [-0.2, -0.15) is 18.2 Å². The summed E-state index contributed by atoms with van der Waals surface area (Å²) in [7, 11) is -4.03. The zero-order valence-corrected chi connectivity index (χ0v) is 20.2. The molecule has 0 saturated carbocycles. The number of nitrogens with zero attached hydrogens (tertiary/aromatic N) is 3. The lowest BCUT2D eigenvalue weighted by molar-refractivity contribution is -0.115. The van der Waals surface area contributed by atoms with Crippen LogP contribution in [0.5, 0.6) is 0 Å². The van der Waals surface area contributed by atoms with E-state index in [1.807, 2.05) is 0 Å². The van der Waals surface area contributed by atoms with E-state index in [9.17, 15) is 26.0 Å². The zero-order chi connectivity index (χ0) is 26.8. The highest BCUT2D eigenvalue weighted by molar-refractivity contribution is 7.89. The lowest BCUT2D eigenvalue weighted by Gasteiger charge is -2.21. The Morgan fingerprint density at radius 3 is 2.32 bits per heavy atom. The topological polar surface area (TPSA) is 123 Å². The highest BCUT2D eigenvalue weighted by atomic mass is 32.2. The maximum atomic E-state index is 13.3. The van der Waals surface area contributed by atoms with E-state index in [2.05, 4.69) is 25.6 Å². The Morgan fingerprint density at radius 1 is 0.973 bits per heavy atom. The van der Waals surface area contributed by atoms with Crippen LogP contribution in [0.15, 0.2) is 65.6 Å². The van der Waals surface area contributed by atoms with Crippen LogP contribution in [0.2, 0.25) is 0 Å². The van der Waals surface area contributed by atoms with Crippen LogP contribution in [0.1, 0.15) is 24.9 Å². The van der Waals surface area contributed by atoms with Gasteiger partial charge in [0.05, 0.1) is 22.1 Å². The number of sulfonamides is 1. The number of aromatic nitrogens is 3. The Morgan fingerprint density at radius 2 is 1.68 bits per heavy atom. The van der Waals surface area contributed by atoms with Crippen LogP contribution in [0.25, 0.3) is 22.3 Å². The minimum absolute atomic E-state index is 0.0374. The SMILES string of the molecule is CCC(Nc1nc(NCC(F)(F)F)c2nc(-c3ccc(F)cc3)ccc2n1)c1ccccc1S(N)(=O)=O. The van der Waals surface area contributed by atoms with Gasteiger partial charge >= 0.3 is 6.18 Å². The molecule has 0 bridgehead atoms. The van der Waals surface area contributed by atoms with Crippen molar-refractivity contribution in [3.05, 3.63) is 72.0 Å². The molecule has 4 N–H and O–H groups in total. The molecule has 0 amide bonds. The maximum Gasteiger partial charge on any atom is 0.405 e. The Hall–Kier alpha value is -3.84. The van der Waals surface area contributed by atoms with Gasteiger partial charge in [0.25, 0.3) is 0 Å². The van der Waals surface area contributed by atoms with E-state index in [-0.39, 0.29) is 27.7 Å². The standard InChI is InChI=1S/C24H22F4N6O2S/c1-2-17(16-5-3-4-6-20(16)37(29,35)36)32-23-33-19-12-11-18(14-7-9-15(25)10-8-14)31-21(19)22(34-23)30-13-24(26,27)28/h3-12,17H,2,13H2,1H3,(H2,29,35,36)(H2,30,32,33,34). The minimum atomic E-state index is -4.53. The molecular weight excluding hydrogens is 512 g/mol. The van der Waals surface area contributed by atoms with Gasteiger partial charge in [-0.15, -0.1) is 0 Å². The molecule has 37 heavy (non-hydrogen) atoms. The smallest absolute Gasteiger partial charge is 0.359 e. The van der Waals surface area contributed by atoms with E-state index in [0.717, 1.165) is 0 Å². The summed E-state index contributed by atoms with van der Waals surface area (Å²) in [5.74, 6) is -0.654. The largest absolute Gasteiger partial charge is 0.405 e. The van der Waals surface area contributed by atoms with E-state index >= 15 is 0 Å². The van der Waals surface area contributed by atoms with Crippen molar-refractivity contribution >= 4 is 32.8 Å². The van der Waals surface area contributed by atoms with Crippen LogP contribution in [0.4, 0.5) is 29.3 Å². The lowest BCUT2D eigenvalue weighted by Crippen LogP contribution is -2.23. The molecule has 0 aliphatic heterocycles. The van der Waals surface area contributed by atoms with Crippen molar-refractivity contribution in [2.75, 3.05) is 17.2 Å². The van der Waals surface area contributed by atoms with Gasteiger partial charge in [-0.3, -0.25) is 0 Å². The van der Waals surface area contributed by atoms with Gasteiger partial charge in [-0.25, -0.2) is 27.9 Å². The number of hydrogen-bond donors (Lipinski definition) is 3. The summed E-state index contributed by atoms with van der Waals surface area (Å²) in [5.41, 5.74) is 1.63. The van der Waals surface area contributed by atoms with Crippen molar-refractivity contribution in [1.82, 2.24) is 15.0 Å². The molecule has 0 saturated heterocycles. The van der Waals surface area contributed by atoms with Crippen molar-refractivity contribution in [3.63, 3.8) is 0 Å². The number of nitrogens with one attached hydrogen (secondary N) is 2. The number of hydrogen-bond acceptors (Lipinski definition) is 7. The molecule has 1 unspecified atom stereocenters. The fourth-order valence-corrected chi connectivity index (χ4v) is 4.56. The molecule has 1 atom stereocenters. The van der Waals surface area contributed by atoms with E-state index in [1.165, 1.54) is 36.4 Å². The molecule has 0 aliphatic carbocycles. The lowest BCUT2D eigenvalue weighted by atomic mass is 10.0. The van der Waals surface area contributed by atoms with Crippen LogP contribution in [0.3, 0.4) is 0 Å². The Kier molecular flexibility index (Phi) is 7.28. The van der Waals surface area contributed by atoms with Crippen molar-refractivity contribution < 1.29 is 26.0 Å². The molecule has 0 radical (unpaired) electrons. The summed E-state index contributed by atoms with van der Waals surface area (Å²) < 4.78 is 76.5. The third-order valence-electron chi connectivity index (χ3n) is 5.45. The molecule has 4 rings (SSSR count). The van der Waals surface area contributed by atoms with Crippen LogP contribution in [-0.4, -0.2) is 36.1 Å². The van der Waals surface area contributed by atoms with E-state index in [1.54, 1.807) is 31.2 Å². The quantitative estimate of drug-likeness (QED) is 0.272. The second kappa shape index (κ2) is 10.3. The zero-order valence-electron chi connectivity index (χ0n) is 19.4. The van der Waals surface area contributed by atoms with Crippen LogP contribution < -0.4 is 15.8 Å². The number of rotatable bonds is 8. The second-order valence-corrected chi connectivity index (χ2v) is 9.65. The molecule has 194 valence electrons. The molecular formula is C24H22F4N6O2S. The van der Waals surface area contributed by atoms with E-state index in [4.69, 9.17) is 5.14 Å². The molecule has 0 aliphatic rings. The molecule has 8 nitrogen and oxygen atoms in total. The fraction of sp³-hybridized carbons (Fsp3) is 0.208. The van der Waals surface area contributed by atoms with Gasteiger partial charge in [-0.1, -0.05) is 25.1 Å². The van der Waals surface area contributed by atoms with Gasteiger partial charge in [0.15, 0.2) is 5.82 Å². The molecule has 0 fully saturated rings. The number of alkyl halides is 3. The summed E-state index contributed by atoms with van der Waals surface area (Å²) in [6.45, 7) is 0.421. The number of halogens is 4. The second-order valence-electron chi connectivity index (χ2n) is 8.12. The first kappa shape index (κ1) is 26.2. The van der Waals surface area contributed by atoms with Crippen molar-refractivity contribution in [2.45, 2.75) is 30.5 Å². The molecule has 2 aromatic carbocycles. The normalized spacial score (nSPS) is 12.9. The van der Waals surface area contributed by atoms with Gasteiger partial charge in [0, 0.05) is 5.56 Å². The van der Waals surface area contributed by atoms with Gasteiger partial charge in [0.2, 0.25) is 16.0 Å². The Labute approximate surface area is 210 Å². The molecule has 2 heterocycles. The van der Waals surface area contributed by atoms with Crippen molar-refractivity contribution in [1.29, 1.82) is 0 Å². The number of primary sulfonamides is 1. The molecule has 2 aromatic heterocycles. The number of pyridine rings is 1. The first-order valence-electron chi connectivity index (χ1n) is 11.1. The highest BCUT2D eigenvalue weighted by Crippen LogP contribution is 2.30. The third kappa shape index (κ3) is 6.30. The molecule has 0 spiro atoms. The summed E-state index contributed by atoms with van der Waals surface area (Å²) >= 11 is 0. The van der Waals surface area contributed by atoms with Gasteiger partial charge in [0.1, 0.15) is 17.9 Å². The number of anilines is 2. The maximum absolute atomic E-state index is 13.3. The highest BCUT2D eigenvalue weighted by Gasteiger charge is 2.28. The van der Waals surface area contributed by atoms with Crippen LogP contribution in [0, 0.1) is 5.82 Å². The Balaban J connectivity index is 1.77. The monoisotopic (exact) mass is 534 g/mol.